The van der Waals surface area contributed by atoms with Crippen LogP contribution in [-0.4, -0.2) is 56.4 Å². The fourth-order valence-electron chi connectivity index (χ4n) is 2.05. The Labute approximate surface area is 168 Å². The van der Waals surface area contributed by atoms with Crippen LogP contribution in [-0.2, 0) is 9.59 Å². The van der Waals surface area contributed by atoms with E-state index in [1.54, 1.807) is 48.5 Å². The van der Waals surface area contributed by atoms with E-state index in [1.165, 1.54) is 12.1 Å². The Morgan fingerprint density at radius 3 is 1.93 bits per heavy atom. The van der Waals surface area contributed by atoms with Gasteiger partial charge in [-0.3, -0.25) is 9.59 Å². The molecule has 28 heavy (non-hydrogen) atoms. The van der Waals surface area contributed by atoms with E-state index < -0.39 is 29.9 Å². The van der Waals surface area contributed by atoms with Crippen LogP contribution >= 0.6 is 21.8 Å². The third kappa shape index (κ3) is 5.27. The van der Waals surface area contributed by atoms with Gasteiger partial charge in [-0.2, -0.15) is 0 Å². The highest BCUT2D eigenvalue weighted by molar-refractivity contribution is 8.76. The van der Waals surface area contributed by atoms with Crippen LogP contribution in [0.25, 0.3) is 0 Å². The van der Waals surface area contributed by atoms with E-state index in [9.17, 15) is 24.3 Å². The van der Waals surface area contributed by atoms with Crippen molar-refractivity contribution in [3.05, 3.63) is 66.2 Å². The lowest BCUT2D eigenvalue weighted by atomic mass is 10.2. The van der Waals surface area contributed by atoms with Crippen LogP contribution in [0.5, 0.6) is 0 Å². The van der Waals surface area contributed by atoms with Crippen LogP contribution in [0.1, 0.15) is 10.4 Å². The molecule has 0 radical (unpaired) electrons. The summed E-state index contributed by atoms with van der Waals surface area (Å²) >= 11 is 0. The topological polar surface area (TPSA) is 115 Å². The molecule has 2 aromatic rings. The minimum Gasteiger partial charge on any atom is -0.479 e. The SMILES string of the molecule is CN(C(=O)O)C(=O)C(C(=O)O)N(SSc1ccccc1)C(=O)c1ccccc1. The van der Waals surface area contributed by atoms with E-state index in [4.69, 9.17) is 5.11 Å². The number of likely N-dealkylation sites (N-methyl/N-ethyl adjacent to an activating group) is 1. The maximum atomic E-state index is 12.9. The molecule has 0 fully saturated rings. The summed E-state index contributed by atoms with van der Waals surface area (Å²) in [6.07, 6.45) is -1.62. The van der Waals surface area contributed by atoms with Crippen molar-refractivity contribution in [2.75, 3.05) is 7.05 Å². The van der Waals surface area contributed by atoms with Crippen molar-refractivity contribution in [2.45, 2.75) is 10.9 Å². The minimum absolute atomic E-state index is 0.167. The summed E-state index contributed by atoms with van der Waals surface area (Å²) in [6, 6.07) is 14.7. The molecule has 0 aromatic heterocycles. The lowest BCUT2D eigenvalue weighted by molar-refractivity contribution is -0.148. The van der Waals surface area contributed by atoms with Crippen molar-refractivity contribution in [1.82, 2.24) is 9.21 Å². The lowest BCUT2D eigenvalue weighted by Gasteiger charge is -2.27. The molecule has 0 aliphatic carbocycles. The molecule has 2 aromatic carbocycles. The van der Waals surface area contributed by atoms with Gasteiger partial charge in [-0.25, -0.2) is 18.8 Å². The molecule has 0 spiro atoms. The number of imide groups is 1. The number of carboxylic acid groups (broad SMARTS) is 2. The molecule has 1 atom stereocenters. The number of hydrogen-bond acceptors (Lipinski definition) is 6. The Bertz CT molecular complexity index is 863. The second kappa shape index (κ2) is 9.81. The van der Waals surface area contributed by atoms with Crippen molar-refractivity contribution in [3.8, 4) is 0 Å². The summed E-state index contributed by atoms with van der Waals surface area (Å²) in [6.45, 7) is 0. The van der Waals surface area contributed by atoms with Crippen molar-refractivity contribution < 1.29 is 29.4 Å². The highest BCUT2D eigenvalue weighted by Gasteiger charge is 2.40. The number of nitrogens with zero attached hydrogens (tertiary/aromatic N) is 2. The van der Waals surface area contributed by atoms with Crippen LogP contribution < -0.4 is 0 Å². The van der Waals surface area contributed by atoms with Gasteiger partial charge in [0.05, 0.1) is 0 Å². The summed E-state index contributed by atoms with van der Waals surface area (Å²) < 4.78 is 0.775. The molecule has 3 amide bonds. The molecule has 0 aliphatic rings. The third-order valence-corrected chi connectivity index (χ3v) is 5.86. The second-order valence-corrected chi connectivity index (χ2v) is 7.52. The quantitative estimate of drug-likeness (QED) is 0.399. The number of hydrogen-bond donors (Lipinski definition) is 2. The number of carbonyl (C=O) groups is 4. The molecule has 2 N–H and O–H groups in total. The highest BCUT2D eigenvalue weighted by Crippen LogP contribution is 2.36. The predicted octanol–water partition coefficient (Wildman–Crippen LogP) is 3.07. The van der Waals surface area contributed by atoms with Gasteiger partial charge in [-0.1, -0.05) is 36.4 Å². The number of rotatable bonds is 7. The Balaban J connectivity index is 2.38. The first-order valence-corrected chi connectivity index (χ1v) is 9.95. The number of amides is 3. The standard InChI is InChI=1S/C18H16N2O6S2/c1-19(18(25)26)16(22)14(17(23)24)20(15(21)12-8-4-2-5-9-12)28-27-13-10-6-3-7-11-13/h2-11,14H,1H3,(H,23,24)(H,25,26). The third-order valence-electron chi connectivity index (χ3n) is 3.50. The molecule has 0 saturated carbocycles. The van der Waals surface area contributed by atoms with Gasteiger partial charge in [0.1, 0.15) is 0 Å². The number of carbonyl (C=O) groups excluding carboxylic acids is 2. The van der Waals surface area contributed by atoms with Crippen molar-refractivity contribution in [3.63, 3.8) is 0 Å². The molecule has 0 aliphatic heterocycles. The summed E-state index contributed by atoms with van der Waals surface area (Å²) in [7, 11) is 2.76. The largest absolute Gasteiger partial charge is 0.479 e. The van der Waals surface area contributed by atoms with Crippen LogP contribution in [0.3, 0.4) is 0 Å². The molecule has 0 bridgehead atoms. The molecule has 10 heteroatoms. The van der Waals surface area contributed by atoms with Gasteiger partial charge in [-0.15, -0.1) is 0 Å². The van der Waals surface area contributed by atoms with Crippen LogP contribution in [0.15, 0.2) is 65.6 Å². The van der Waals surface area contributed by atoms with E-state index in [2.05, 4.69) is 0 Å². The highest BCUT2D eigenvalue weighted by atomic mass is 33.1. The molecule has 8 nitrogen and oxygen atoms in total. The minimum atomic E-state index is -2.02. The fourth-order valence-corrected chi connectivity index (χ4v) is 4.21. The molecular weight excluding hydrogens is 404 g/mol. The van der Waals surface area contributed by atoms with Gasteiger partial charge < -0.3 is 10.2 Å². The normalized spacial score (nSPS) is 11.3. The van der Waals surface area contributed by atoms with E-state index in [-0.39, 0.29) is 10.5 Å². The Hall–Kier alpha value is -2.98. The summed E-state index contributed by atoms with van der Waals surface area (Å²) in [4.78, 5) is 49.3. The molecule has 146 valence electrons. The lowest BCUT2D eigenvalue weighted by Crippen LogP contribution is -2.52. The Morgan fingerprint density at radius 2 is 1.43 bits per heavy atom. The maximum Gasteiger partial charge on any atom is 0.413 e. The van der Waals surface area contributed by atoms with E-state index in [1.807, 2.05) is 0 Å². The van der Waals surface area contributed by atoms with Crippen LogP contribution in [0.2, 0.25) is 0 Å². The van der Waals surface area contributed by atoms with Gasteiger partial charge >= 0.3 is 12.1 Å². The first-order valence-electron chi connectivity index (χ1n) is 7.84. The zero-order valence-corrected chi connectivity index (χ0v) is 16.2. The van der Waals surface area contributed by atoms with Gasteiger partial charge in [0.15, 0.2) is 0 Å². The molecule has 0 saturated heterocycles. The summed E-state index contributed by atoms with van der Waals surface area (Å²) in [5, 5.41) is 18.6. The average Bonchev–Trinajstić information content (AvgIpc) is 2.70. The molecule has 1 unspecified atom stereocenters. The van der Waals surface area contributed by atoms with Gasteiger partial charge in [-0.05, 0) is 35.1 Å². The predicted molar refractivity (Wildman–Crippen MR) is 105 cm³/mol. The van der Waals surface area contributed by atoms with Gasteiger partial charge in [0.25, 0.3) is 11.8 Å². The average molecular weight is 420 g/mol. The molecule has 2 rings (SSSR count). The first-order chi connectivity index (χ1) is 13.3. The zero-order valence-electron chi connectivity index (χ0n) is 14.6. The Morgan fingerprint density at radius 1 is 0.893 bits per heavy atom. The number of benzene rings is 2. The fraction of sp³-hybridized carbons (Fsp3) is 0.111. The van der Waals surface area contributed by atoms with E-state index >= 15 is 0 Å². The summed E-state index contributed by atoms with van der Waals surface area (Å²) in [5.74, 6) is -3.61. The zero-order chi connectivity index (χ0) is 20.7. The van der Waals surface area contributed by atoms with Gasteiger partial charge in [0.2, 0.25) is 6.04 Å². The van der Waals surface area contributed by atoms with Crippen molar-refractivity contribution in [1.29, 1.82) is 0 Å². The molecular formula is C18H16N2O6S2. The van der Waals surface area contributed by atoms with Crippen molar-refractivity contribution >= 4 is 45.7 Å². The number of carboxylic acids is 1. The monoisotopic (exact) mass is 420 g/mol. The van der Waals surface area contributed by atoms with Crippen molar-refractivity contribution in [2.24, 2.45) is 0 Å². The van der Waals surface area contributed by atoms with Crippen LogP contribution in [0, 0.1) is 0 Å². The summed E-state index contributed by atoms with van der Waals surface area (Å²) in [5.41, 5.74) is 0.167. The smallest absolute Gasteiger partial charge is 0.413 e. The molecule has 0 heterocycles. The first kappa shape index (κ1) is 21.3. The van der Waals surface area contributed by atoms with Crippen LogP contribution in [0.4, 0.5) is 4.79 Å². The van der Waals surface area contributed by atoms with E-state index in [0.717, 1.165) is 38.0 Å². The maximum absolute atomic E-state index is 12.9. The van der Waals surface area contributed by atoms with Gasteiger partial charge in [0, 0.05) is 28.5 Å². The van der Waals surface area contributed by atoms with E-state index in [0.29, 0.717) is 0 Å². The number of aliphatic carboxylic acids is 1. The second-order valence-electron chi connectivity index (χ2n) is 5.39. The Kier molecular flexibility index (Phi) is 7.47.